The Morgan fingerprint density at radius 3 is 2.53 bits per heavy atom. The standard InChI is InChI=1S/C26H29F3N4O5/c1-5-33(24(35)26(37-4)31-10-9-22(32-26)36-3)16-19-13-20(25(27,28)29)7-8-21(19)18-11-17(14-30-15-18)12-23(34)38-6-2/h7-11,13-15,32H,5-6,12,16H2,1-4H3. The number of carbonyl (C=O) groups excluding carboxylic acids is 2. The zero-order valence-electron chi connectivity index (χ0n) is 21.5. The topological polar surface area (TPSA) is 102 Å². The molecule has 0 aliphatic carbocycles. The van der Waals surface area contributed by atoms with Gasteiger partial charge in [-0.2, -0.15) is 13.2 Å². The molecule has 1 aliphatic heterocycles. The van der Waals surface area contributed by atoms with Crippen LogP contribution in [0.5, 0.6) is 0 Å². The molecule has 3 rings (SSSR count). The molecule has 0 fully saturated rings. The molecule has 0 radical (unpaired) electrons. The summed E-state index contributed by atoms with van der Waals surface area (Å²) in [6.07, 6.45) is 1.18. The third-order valence-electron chi connectivity index (χ3n) is 5.80. The van der Waals surface area contributed by atoms with Crippen LogP contribution in [-0.2, 0) is 42.9 Å². The van der Waals surface area contributed by atoms with Gasteiger partial charge in [0.15, 0.2) is 5.88 Å². The third-order valence-corrected chi connectivity index (χ3v) is 5.80. The summed E-state index contributed by atoms with van der Waals surface area (Å²) in [5.74, 6) is -2.69. The van der Waals surface area contributed by atoms with E-state index in [2.05, 4.69) is 15.3 Å². The summed E-state index contributed by atoms with van der Waals surface area (Å²) in [5.41, 5.74) is 0.799. The molecule has 0 saturated heterocycles. The number of methoxy groups -OCH3 is 2. The molecule has 204 valence electrons. The number of allylic oxidation sites excluding steroid dienone is 1. The molecule has 2 aromatic rings. The lowest BCUT2D eigenvalue weighted by molar-refractivity contribution is -0.159. The van der Waals surface area contributed by atoms with Crippen molar-refractivity contribution in [2.75, 3.05) is 27.4 Å². The fourth-order valence-corrected chi connectivity index (χ4v) is 3.91. The molecule has 9 nitrogen and oxygen atoms in total. The Morgan fingerprint density at radius 2 is 1.89 bits per heavy atom. The van der Waals surface area contributed by atoms with Gasteiger partial charge in [0.2, 0.25) is 0 Å². The maximum atomic E-state index is 13.6. The summed E-state index contributed by atoms with van der Waals surface area (Å²) in [6.45, 7) is 3.56. The number of nitrogens with one attached hydrogen (secondary N) is 1. The van der Waals surface area contributed by atoms with Gasteiger partial charge in [0.25, 0.3) is 0 Å². The normalized spacial score (nSPS) is 16.9. The van der Waals surface area contributed by atoms with Crippen LogP contribution in [-0.4, -0.2) is 61.2 Å². The van der Waals surface area contributed by atoms with Gasteiger partial charge in [-0.1, -0.05) is 6.07 Å². The zero-order valence-corrected chi connectivity index (χ0v) is 21.5. The average molecular weight is 535 g/mol. The maximum Gasteiger partial charge on any atom is 0.416 e. The Balaban J connectivity index is 2.01. The van der Waals surface area contributed by atoms with Gasteiger partial charge >= 0.3 is 23.9 Å². The molecule has 0 bridgehead atoms. The third kappa shape index (κ3) is 6.49. The number of carbonyl (C=O) groups is 2. The van der Waals surface area contributed by atoms with Crippen LogP contribution < -0.4 is 5.32 Å². The van der Waals surface area contributed by atoms with Crippen LogP contribution >= 0.6 is 0 Å². The highest BCUT2D eigenvalue weighted by Crippen LogP contribution is 2.34. The molecule has 1 aromatic heterocycles. The Bertz CT molecular complexity index is 1230. The van der Waals surface area contributed by atoms with E-state index in [-0.39, 0.29) is 37.6 Å². The second kappa shape index (κ2) is 12.1. The summed E-state index contributed by atoms with van der Waals surface area (Å²) >= 11 is 0. The molecule has 1 aliphatic rings. The van der Waals surface area contributed by atoms with E-state index in [4.69, 9.17) is 14.2 Å². The van der Waals surface area contributed by atoms with E-state index in [0.717, 1.165) is 12.1 Å². The van der Waals surface area contributed by atoms with Gasteiger partial charge < -0.3 is 24.4 Å². The molecular weight excluding hydrogens is 505 g/mol. The highest BCUT2D eigenvalue weighted by Gasteiger charge is 2.43. The monoisotopic (exact) mass is 534 g/mol. The summed E-state index contributed by atoms with van der Waals surface area (Å²) in [6, 6.07) is 4.96. The lowest BCUT2D eigenvalue weighted by Gasteiger charge is -2.35. The number of alkyl halides is 3. The van der Waals surface area contributed by atoms with Crippen molar-refractivity contribution in [3.63, 3.8) is 0 Å². The number of aliphatic imine (C=N–C) groups is 1. The van der Waals surface area contributed by atoms with E-state index < -0.39 is 29.5 Å². The summed E-state index contributed by atoms with van der Waals surface area (Å²) in [4.78, 5) is 35.1. The smallest absolute Gasteiger partial charge is 0.416 e. The van der Waals surface area contributed by atoms with E-state index in [1.54, 1.807) is 19.9 Å². The number of esters is 1. The van der Waals surface area contributed by atoms with Crippen molar-refractivity contribution in [3.8, 4) is 11.1 Å². The number of pyridine rings is 1. The molecule has 12 heteroatoms. The number of aromatic nitrogens is 1. The van der Waals surface area contributed by atoms with Crippen LogP contribution in [0.25, 0.3) is 11.1 Å². The van der Waals surface area contributed by atoms with Crippen molar-refractivity contribution in [3.05, 3.63) is 65.3 Å². The summed E-state index contributed by atoms with van der Waals surface area (Å²) in [7, 11) is 2.69. The van der Waals surface area contributed by atoms with Gasteiger partial charge in [-0.15, -0.1) is 0 Å². The van der Waals surface area contributed by atoms with Gasteiger partial charge in [0, 0.05) is 50.4 Å². The number of ether oxygens (including phenoxy) is 3. The van der Waals surface area contributed by atoms with Crippen molar-refractivity contribution < 1.29 is 37.0 Å². The van der Waals surface area contributed by atoms with E-state index in [1.807, 2.05) is 0 Å². The molecule has 0 spiro atoms. The van der Waals surface area contributed by atoms with E-state index in [9.17, 15) is 22.8 Å². The highest BCUT2D eigenvalue weighted by atomic mass is 19.4. The minimum atomic E-state index is -4.60. The lowest BCUT2D eigenvalue weighted by Crippen LogP contribution is -2.58. The number of hydrogen-bond acceptors (Lipinski definition) is 8. The first-order valence-corrected chi connectivity index (χ1v) is 11.8. The first kappa shape index (κ1) is 28.6. The largest absolute Gasteiger partial charge is 0.482 e. The predicted octanol–water partition coefficient (Wildman–Crippen LogP) is 3.68. The molecule has 1 atom stereocenters. The van der Waals surface area contributed by atoms with Gasteiger partial charge in [0.05, 0.1) is 25.7 Å². The van der Waals surface area contributed by atoms with Crippen LogP contribution in [0, 0.1) is 0 Å². The molecule has 2 heterocycles. The van der Waals surface area contributed by atoms with Crippen LogP contribution in [0.4, 0.5) is 13.2 Å². The number of halogens is 3. The fraction of sp³-hybridized carbons (Fsp3) is 0.385. The quantitative estimate of drug-likeness (QED) is 0.464. The second-order valence-corrected chi connectivity index (χ2v) is 8.24. The van der Waals surface area contributed by atoms with Crippen LogP contribution in [0.2, 0.25) is 0 Å². The second-order valence-electron chi connectivity index (χ2n) is 8.24. The number of benzene rings is 1. The molecule has 1 unspecified atom stereocenters. The number of rotatable bonds is 10. The number of amides is 1. The Morgan fingerprint density at radius 1 is 1.13 bits per heavy atom. The van der Waals surface area contributed by atoms with Crippen molar-refractivity contribution in [2.45, 2.75) is 38.8 Å². The van der Waals surface area contributed by atoms with E-state index >= 15 is 0 Å². The van der Waals surface area contributed by atoms with Gasteiger partial charge in [-0.25, -0.2) is 4.99 Å². The summed E-state index contributed by atoms with van der Waals surface area (Å²) < 4.78 is 56.4. The lowest BCUT2D eigenvalue weighted by atomic mass is 9.96. The van der Waals surface area contributed by atoms with Gasteiger partial charge in [-0.3, -0.25) is 14.6 Å². The molecule has 1 aromatic carbocycles. The Hall–Kier alpha value is -3.93. The van der Waals surface area contributed by atoms with Gasteiger partial charge in [-0.05, 0) is 48.7 Å². The average Bonchev–Trinajstić information content (AvgIpc) is 2.90. The van der Waals surface area contributed by atoms with Crippen molar-refractivity contribution in [1.29, 1.82) is 0 Å². The van der Waals surface area contributed by atoms with E-state index in [0.29, 0.717) is 16.7 Å². The summed E-state index contributed by atoms with van der Waals surface area (Å²) in [5, 5.41) is 2.78. The SMILES string of the molecule is CCOC(=O)Cc1cncc(-c2ccc(C(F)(F)F)cc2CN(CC)C(=O)C2(OC)N=CC=C(OC)N2)c1. The molecule has 1 N–H and O–H groups in total. The van der Waals surface area contributed by atoms with Crippen LogP contribution in [0.3, 0.4) is 0 Å². The van der Waals surface area contributed by atoms with Crippen LogP contribution in [0.15, 0.2) is 53.6 Å². The van der Waals surface area contributed by atoms with Crippen LogP contribution in [0.1, 0.15) is 30.5 Å². The molecule has 0 saturated carbocycles. The molecule has 38 heavy (non-hydrogen) atoms. The number of likely N-dealkylation sites (N-methyl/N-ethyl adjacent to an activating group) is 1. The predicted molar refractivity (Wildman–Crippen MR) is 133 cm³/mol. The first-order chi connectivity index (χ1) is 18.1. The Kier molecular flexibility index (Phi) is 9.10. The first-order valence-electron chi connectivity index (χ1n) is 11.8. The molecular formula is C26H29F3N4O5. The van der Waals surface area contributed by atoms with E-state index in [1.165, 1.54) is 49.9 Å². The minimum Gasteiger partial charge on any atom is -0.482 e. The highest BCUT2D eigenvalue weighted by molar-refractivity contribution is 5.89. The van der Waals surface area contributed by atoms with Gasteiger partial charge in [0.1, 0.15) is 0 Å². The van der Waals surface area contributed by atoms with Crippen molar-refractivity contribution >= 4 is 18.1 Å². The molecule has 1 amide bonds. The number of nitrogens with zero attached hydrogens (tertiary/aromatic N) is 3. The van der Waals surface area contributed by atoms with Crippen molar-refractivity contribution in [1.82, 2.24) is 15.2 Å². The van der Waals surface area contributed by atoms with Crippen molar-refractivity contribution in [2.24, 2.45) is 4.99 Å². The Labute approximate surface area is 218 Å². The maximum absolute atomic E-state index is 13.6. The zero-order chi connectivity index (χ0) is 27.9. The fourth-order valence-electron chi connectivity index (χ4n) is 3.91. The number of hydrogen-bond donors (Lipinski definition) is 1. The minimum absolute atomic E-state index is 0.0421.